The van der Waals surface area contributed by atoms with Gasteiger partial charge in [0.2, 0.25) is 0 Å². The Morgan fingerprint density at radius 3 is 1.73 bits per heavy atom. The van der Waals surface area contributed by atoms with Crippen LogP contribution in [0.15, 0.2) is 0 Å². The topological polar surface area (TPSA) is 56.8 Å². The van der Waals surface area contributed by atoms with Gasteiger partial charge in [-0.05, 0) is 37.4 Å². The number of thioether (sulfide) groups is 2. The summed E-state index contributed by atoms with van der Waals surface area (Å²) < 4.78 is 5.21. The first kappa shape index (κ1) is 10.6. The van der Waals surface area contributed by atoms with Crippen molar-refractivity contribution in [2.75, 3.05) is 0 Å². The quantitative estimate of drug-likeness (QED) is 0.499. The highest BCUT2D eigenvalue weighted by atomic mass is 32.2. The van der Waals surface area contributed by atoms with E-state index in [1.807, 2.05) is 10.8 Å². The van der Waals surface area contributed by atoms with Gasteiger partial charge in [0.15, 0.2) is 0 Å². The van der Waals surface area contributed by atoms with Gasteiger partial charge in [-0.25, -0.2) is 0 Å². The van der Waals surface area contributed by atoms with E-state index in [-0.39, 0.29) is 10.9 Å². The van der Waals surface area contributed by atoms with Crippen LogP contribution >= 0.6 is 23.5 Å². The average molecular weight is 188 g/mol. The molecule has 0 amide bonds. The summed E-state index contributed by atoms with van der Waals surface area (Å²) in [7, 11) is 0. The molecule has 0 rings (SSSR count). The van der Waals surface area contributed by atoms with Crippen LogP contribution in [0, 0.1) is 21.3 Å². The highest BCUT2D eigenvalue weighted by molar-refractivity contribution is 8.04. The van der Waals surface area contributed by atoms with Crippen LogP contribution in [-0.2, 0) is 4.74 Å². The number of ether oxygens (including phenoxy) is 1. The van der Waals surface area contributed by atoms with E-state index in [1.165, 1.54) is 0 Å². The maximum atomic E-state index is 8.24. The van der Waals surface area contributed by atoms with Crippen molar-refractivity contribution < 1.29 is 4.74 Å². The molecule has 11 heavy (non-hydrogen) atoms. The Hall–Kier alpha value is -0.360. The molecule has 0 aromatic carbocycles. The number of hydrogen-bond donors (Lipinski definition) is 0. The van der Waals surface area contributed by atoms with Crippen molar-refractivity contribution in [2.45, 2.75) is 24.7 Å². The zero-order chi connectivity index (χ0) is 8.69. The molecule has 0 aromatic rings. The zero-order valence-electron chi connectivity index (χ0n) is 6.27. The van der Waals surface area contributed by atoms with Crippen LogP contribution < -0.4 is 0 Å². The molecule has 0 N–H and O–H groups in total. The highest BCUT2D eigenvalue weighted by Crippen LogP contribution is 2.17. The Labute approximate surface area is 74.7 Å². The first-order valence-electron chi connectivity index (χ1n) is 2.95. The Morgan fingerprint density at radius 2 is 1.45 bits per heavy atom. The van der Waals surface area contributed by atoms with Gasteiger partial charge in [0.1, 0.15) is 21.7 Å². The SMILES string of the molecule is CC(OC(C)SC#N)SC#N. The highest BCUT2D eigenvalue weighted by Gasteiger charge is 2.08. The lowest BCUT2D eigenvalue weighted by Crippen LogP contribution is -2.09. The van der Waals surface area contributed by atoms with Crippen molar-refractivity contribution in [2.24, 2.45) is 0 Å². The van der Waals surface area contributed by atoms with E-state index in [2.05, 4.69) is 0 Å². The molecule has 0 saturated heterocycles. The molecule has 0 saturated carbocycles. The third-order valence-electron chi connectivity index (χ3n) is 0.821. The van der Waals surface area contributed by atoms with E-state index in [0.29, 0.717) is 0 Å². The molecule has 0 bridgehead atoms. The number of hydrogen-bond acceptors (Lipinski definition) is 5. The number of thiocyanates is 2. The standard InChI is InChI=1S/C6H8N2OS2/c1-5(10-3-7)9-6(2)11-4-8/h5-6H,1-2H3. The van der Waals surface area contributed by atoms with E-state index in [1.54, 1.807) is 13.8 Å². The summed E-state index contributed by atoms with van der Waals surface area (Å²) in [5.74, 6) is 0. The van der Waals surface area contributed by atoms with Crippen LogP contribution in [0.5, 0.6) is 0 Å². The second kappa shape index (κ2) is 6.36. The third-order valence-corrected chi connectivity index (χ3v) is 1.92. The second-order valence-electron chi connectivity index (χ2n) is 1.69. The predicted octanol–water partition coefficient (Wildman–Crippen LogP) is 2.12. The van der Waals surface area contributed by atoms with E-state index in [9.17, 15) is 0 Å². The minimum absolute atomic E-state index is 0.171. The van der Waals surface area contributed by atoms with Crippen LogP contribution in [0.25, 0.3) is 0 Å². The Balaban J connectivity index is 3.51. The summed E-state index contributed by atoms with van der Waals surface area (Å²) in [6.45, 7) is 3.56. The molecular weight excluding hydrogens is 180 g/mol. The Morgan fingerprint density at radius 1 is 1.09 bits per heavy atom. The number of rotatable bonds is 4. The molecule has 0 heterocycles. The largest absolute Gasteiger partial charge is 0.352 e. The van der Waals surface area contributed by atoms with Crippen molar-refractivity contribution >= 4 is 23.5 Å². The number of nitrogens with zero attached hydrogens (tertiary/aromatic N) is 2. The first-order valence-corrected chi connectivity index (χ1v) is 4.71. The molecule has 2 atom stereocenters. The van der Waals surface area contributed by atoms with Gasteiger partial charge in [-0.15, -0.1) is 0 Å². The molecule has 0 aliphatic rings. The molecule has 5 heteroatoms. The van der Waals surface area contributed by atoms with Gasteiger partial charge >= 0.3 is 0 Å². The third kappa shape index (κ3) is 6.05. The van der Waals surface area contributed by atoms with Crippen molar-refractivity contribution in [1.29, 1.82) is 10.5 Å². The monoisotopic (exact) mass is 188 g/mol. The molecule has 0 fully saturated rings. The molecular formula is C6H8N2OS2. The van der Waals surface area contributed by atoms with Gasteiger partial charge in [0.05, 0.1) is 0 Å². The Bertz CT molecular complexity index is 164. The summed E-state index contributed by atoms with van der Waals surface area (Å²) in [6, 6.07) is 0. The predicted molar refractivity (Wildman–Crippen MR) is 46.4 cm³/mol. The van der Waals surface area contributed by atoms with E-state index in [0.717, 1.165) is 23.5 Å². The van der Waals surface area contributed by atoms with E-state index < -0.39 is 0 Å². The lowest BCUT2D eigenvalue weighted by molar-refractivity contribution is 0.115. The van der Waals surface area contributed by atoms with Gasteiger partial charge in [-0.3, -0.25) is 0 Å². The fourth-order valence-electron chi connectivity index (χ4n) is 0.474. The lowest BCUT2D eigenvalue weighted by Gasteiger charge is -2.11. The maximum Gasteiger partial charge on any atom is 0.136 e. The van der Waals surface area contributed by atoms with Crippen molar-refractivity contribution in [1.82, 2.24) is 0 Å². The average Bonchev–Trinajstić information content (AvgIpc) is 1.87. The maximum absolute atomic E-state index is 8.24. The minimum atomic E-state index is -0.171. The second-order valence-corrected chi connectivity index (χ2v) is 3.85. The molecule has 3 nitrogen and oxygen atoms in total. The van der Waals surface area contributed by atoms with E-state index in [4.69, 9.17) is 15.3 Å². The van der Waals surface area contributed by atoms with Crippen LogP contribution in [0.1, 0.15) is 13.8 Å². The van der Waals surface area contributed by atoms with Gasteiger partial charge < -0.3 is 4.74 Å². The van der Waals surface area contributed by atoms with Gasteiger partial charge in [-0.2, -0.15) is 10.5 Å². The summed E-state index contributed by atoms with van der Waals surface area (Å²) in [5, 5.41) is 20.3. The van der Waals surface area contributed by atoms with Crippen LogP contribution in [0.3, 0.4) is 0 Å². The molecule has 0 spiro atoms. The minimum Gasteiger partial charge on any atom is -0.352 e. The summed E-state index contributed by atoms with van der Waals surface area (Å²) in [4.78, 5) is 0. The van der Waals surface area contributed by atoms with Crippen LogP contribution in [-0.4, -0.2) is 10.9 Å². The fraction of sp³-hybridized carbons (Fsp3) is 0.667. The molecule has 0 aliphatic carbocycles. The summed E-state index contributed by atoms with van der Waals surface area (Å²) in [6.07, 6.45) is 0. The zero-order valence-corrected chi connectivity index (χ0v) is 7.91. The molecule has 2 unspecified atom stereocenters. The lowest BCUT2D eigenvalue weighted by atomic mass is 10.8. The molecule has 60 valence electrons. The normalized spacial score (nSPS) is 14.5. The van der Waals surface area contributed by atoms with Gasteiger partial charge in [0.25, 0.3) is 0 Å². The Kier molecular flexibility index (Phi) is 6.15. The first-order chi connectivity index (χ1) is 5.20. The van der Waals surface area contributed by atoms with E-state index >= 15 is 0 Å². The molecule has 0 aromatic heterocycles. The van der Waals surface area contributed by atoms with Crippen molar-refractivity contribution in [3.63, 3.8) is 0 Å². The molecule has 0 aliphatic heterocycles. The van der Waals surface area contributed by atoms with Gasteiger partial charge in [0, 0.05) is 0 Å². The van der Waals surface area contributed by atoms with Crippen molar-refractivity contribution in [3.05, 3.63) is 0 Å². The number of nitriles is 2. The van der Waals surface area contributed by atoms with Crippen LogP contribution in [0.2, 0.25) is 0 Å². The summed E-state index contributed by atoms with van der Waals surface area (Å²) >= 11 is 2.09. The van der Waals surface area contributed by atoms with Gasteiger partial charge in [-0.1, -0.05) is 0 Å². The smallest absolute Gasteiger partial charge is 0.136 e. The molecule has 0 radical (unpaired) electrons. The van der Waals surface area contributed by atoms with Crippen molar-refractivity contribution in [3.8, 4) is 10.8 Å². The van der Waals surface area contributed by atoms with Crippen LogP contribution in [0.4, 0.5) is 0 Å². The summed E-state index contributed by atoms with van der Waals surface area (Å²) in [5.41, 5.74) is -0.341. The fourth-order valence-corrected chi connectivity index (χ4v) is 1.29.